The molecule has 0 bridgehead atoms. The first-order chi connectivity index (χ1) is 24.4. The van der Waals surface area contributed by atoms with E-state index in [4.69, 9.17) is 9.15 Å². The molecule has 0 spiro atoms. The van der Waals surface area contributed by atoms with Crippen molar-refractivity contribution in [1.82, 2.24) is 30.0 Å². The molecule has 2 saturated carbocycles. The van der Waals surface area contributed by atoms with Crippen molar-refractivity contribution in [2.45, 2.75) is 96.6 Å². The van der Waals surface area contributed by atoms with Crippen molar-refractivity contribution < 1.29 is 27.5 Å². The quantitative estimate of drug-likeness (QED) is 0.187. The van der Waals surface area contributed by atoms with Gasteiger partial charge in [0.2, 0.25) is 5.89 Å². The standard InChI is InChI=1S/C37H52F2N8O4/c1-37(2,3)51-36(49)46(21-26-5-6-26)31-19-27(13-17-41-31)35-43-30(23-50-35)34(48)42-29-22-47(44-32(29)33(38)39)28-9-7-25(8-10-28)20-45(4)18-14-24-11-15-40-16-12-24/h13,17,19,22-26,28,33,40H,5-12,14-16,18,20-21H2,1-4H3,(H,42,48)/t25-,28-. The number of pyridine rings is 1. The highest BCUT2D eigenvalue weighted by atomic mass is 19.3. The maximum atomic E-state index is 14.1. The number of rotatable bonds is 13. The average molecular weight is 711 g/mol. The number of oxazole rings is 1. The number of carbonyl (C=O) groups excluding carboxylic acids is 2. The summed E-state index contributed by atoms with van der Waals surface area (Å²) >= 11 is 0. The summed E-state index contributed by atoms with van der Waals surface area (Å²) in [6.45, 7) is 10.3. The zero-order valence-corrected chi connectivity index (χ0v) is 30.2. The Labute approximate surface area is 298 Å². The fourth-order valence-electron chi connectivity index (χ4n) is 7.08. The molecule has 2 N–H and O–H groups in total. The third kappa shape index (κ3) is 10.1. The summed E-state index contributed by atoms with van der Waals surface area (Å²) in [5.74, 6) is 1.56. The summed E-state index contributed by atoms with van der Waals surface area (Å²) in [6, 6.07) is 3.30. The van der Waals surface area contributed by atoms with E-state index in [1.807, 2.05) is 0 Å². The van der Waals surface area contributed by atoms with Crippen LogP contribution in [0.1, 0.15) is 107 Å². The van der Waals surface area contributed by atoms with E-state index < -0.39 is 29.7 Å². The predicted octanol–water partition coefficient (Wildman–Crippen LogP) is 7.33. The van der Waals surface area contributed by atoms with Crippen LogP contribution in [0.4, 0.5) is 25.1 Å². The van der Waals surface area contributed by atoms with Gasteiger partial charge >= 0.3 is 6.09 Å². The molecule has 0 atom stereocenters. The van der Waals surface area contributed by atoms with E-state index in [1.54, 1.807) is 37.6 Å². The highest BCUT2D eigenvalue weighted by Gasteiger charge is 2.32. The van der Waals surface area contributed by atoms with Crippen molar-refractivity contribution in [3.8, 4) is 11.5 Å². The van der Waals surface area contributed by atoms with Crippen molar-refractivity contribution in [3.63, 3.8) is 0 Å². The molecule has 3 aromatic rings. The molecule has 51 heavy (non-hydrogen) atoms. The number of hydrogen-bond acceptors (Lipinski definition) is 9. The third-order valence-corrected chi connectivity index (χ3v) is 10.1. The molecule has 1 saturated heterocycles. The number of hydrogen-bond donors (Lipinski definition) is 2. The lowest BCUT2D eigenvalue weighted by molar-refractivity contribution is 0.0577. The normalized spacial score (nSPS) is 20.2. The molecule has 278 valence electrons. The van der Waals surface area contributed by atoms with Gasteiger partial charge in [-0.2, -0.15) is 5.10 Å². The van der Waals surface area contributed by atoms with E-state index in [2.05, 4.69) is 37.6 Å². The zero-order chi connectivity index (χ0) is 36.1. The van der Waals surface area contributed by atoms with Crippen molar-refractivity contribution in [2.75, 3.05) is 50.0 Å². The molecule has 12 nitrogen and oxygen atoms in total. The van der Waals surface area contributed by atoms with Crippen LogP contribution in [0.3, 0.4) is 0 Å². The summed E-state index contributed by atoms with van der Waals surface area (Å²) in [7, 11) is 2.20. The fraction of sp³-hybridized carbons (Fsp3) is 0.649. The Bertz CT molecular complexity index is 1620. The maximum absolute atomic E-state index is 14.1. The number of anilines is 2. The van der Waals surface area contributed by atoms with Crippen LogP contribution in [0.25, 0.3) is 11.5 Å². The molecule has 2 amide bonds. The van der Waals surface area contributed by atoms with Gasteiger partial charge in [-0.3, -0.25) is 14.4 Å². The highest BCUT2D eigenvalue weighted by Crippen LogP contribution is 2.36. The first kappa shape index (κ1) is 36.9. The second kappa shape index (κ2) is 16.2. The monoisotopic (exact) mass is 710 g/mol. The van der Waals surface area contributed by atoms with Crippen LogP contribution in [0, 0.1) is 17.8 Å². The summed E-state index contributed by atoms with van der Waals surface area (Å²) in [5, 5.41) is 10.2. The van der Waals surface area contributed by atoms with Gasteiger partial charge in [0.1, 0.15) is 17.7 Å². The number of halogens is 2. The lowest BCUT2D eigenvalue weighted by Gasteiger charge is -2.32. The minimum Gasteiger partial charge on any atom is -0.444 e. The number of nitrogens with zero attached hydrogens (tertiary/aromatic N) is 6. The predicted molar refractivity (Wildman–Crippen MR) is 190 cm³/mol. The van der Waals surface area contributed by atoms with Gasteiger partial charge in [0, 0.05) is 31.0 Å². The SMILES string of the molecule is CN(CCC1CCNCC1)C[C@H]1CC[C@H](n2cc(NC(=O)c3coc(-c4ccnc(N(CC5CC5)C(=O)OC(C)(C)C)c4)n3)c(C(F)F)n2)CC1. The Hall–Kier alpha value is -3.91. The lowest BCUT2D eigenvalue weighted by atomic mass is 9.85. The van der Waals surface area contributed by atoms with Crippen molar-refractivity contribution >= 4 is 23.5 Å². The van der Waals surface area contributed by atoms with Gasteiger partial charge in [-0.15, -0.1) is 0 Å². The number of piperidine rings is 1. The van der Waals surface area contributed by atoms with Crippen molar-refractivity contribution in [1.29, 1.82) is 0 Å². The molecule has 14 heteroatoms. The molecule has 3 aliphatic rings. The number of aromatic nitrogens is 4. The first-order valence-corrected chi connectivity index (χ1v) is 18.4. The largest absolute Gasteiger partial charge is 0.444 e. The molecule has 3 aromatic heterocycles. The smallest absolute Gasteiger partial charge is 0.416 e. The van der Waals surface area contributed by atoms with Crippen LogP contribution >= 0.6 is 0 Å². The van der Waals surface area contributed by atoms with Crippen LogP contribution in [0.15, 0.2) is 35.2 Å². The van der Waals surface area contributed by atoms with Gasteiger partial charge in [0.15, 0.2) is 11.4 Å². The van der Waals surface area contributed by atoms with Crippen LogP contribution in [-0.2, 0) is 4.74 Å². The van der Waals surface area contributed by atoms with Gasteiger partial charge in [-0.05, 0) is 135 Å². The molecule has 0 aromatic carbocycles. The molecule has 3 fully saturated rings. The molecule has 0 radical (unpaired) electrons. The zero-order valence-electron chi connectivity index (χ0n) is 30.2. The highest BCUT2D eigenvalue weighted by molar-refractivity contribution is 6.03. The third-order valence-electron chi connectivity index (χ3n) is 10.1. The van der Waals surface area contributed by atoms with Gasteiger partial charge < -0.3 is 24.7 Å². The fourth-order valence-corrected chi connectivity index (χ4v) is 7.08. The lowest BCUT2D eigenvalue weighted by Crippen LogP contribution is -2.38. The molecule has 6 rings (SSSR count). The topological polar surface area (TPSA) is 131 Å². The van der Waals surface area contributed by atoms with Gasteiger partial charge in [-0.1, -0.05) is 0 Å². The Morgan fingerprint density at radius 3 is 2.45 bits per heavy atom. The van der Waals surface area contributed by atoms with Crippen LogP contribution < -0.4 is 15.5 Å². The van der Waals surface area contributed by atoms with Crippen molar-refractivity contribution in [3.05, 3.63) is 42.2 Å². The Morgan fingerprint density at radius 1 is 1.06 bits per heavy atom. The number of nitrogens with one attached hydrogen (secondary N) is 2. The van der Waals surface area contributed by atoms with Crippen LogP contribution in [0.5, 0.6) is 0 Å². The van der Waals surface area contributed by atoms with E-state index in [9.17, 15) is 18.4 Å². The first-order valence-electron chi connectivity index (χ1n) is 18.4. The summed E-state index contributed by atoms with van der Waals surface area (Å²) in [4.78, 5) is 39.0. The summed E-state index contributed by atoms with van der Waals surface area (Å²) in [5.41, 5.74) is -0.775. The minimum absolute atomic E-state index is 0.0101. The second-order valence-electron chi connectivity index (χ2n) is 15.6. The molecular weight excluding hydrogens is 658 g/mol. The average Bonchev–Trinajstić information content (AvgIpc) is 3.60. The number of amides is 2. The summed E-state index contributed by atoms with van der Waals surface area (Å²) in [6.07, 6.45) is 10.4. The Balaban J connectivity index is 1.06. The molecule has 4 heterocycles. The van der Waals surface area contributed by atoms with Gasteiger partial charge in [0.05, 0.1) is 11.7 Å². The molecular formula is C37H52F2N8O4. The van der Waals surface area contributed by atoms with E-state index in [0.29, 0.717) is 29.8 Å². The summed E-state index contributed by atoms with van der Waals surface area (Å²) < 4.78 is 41.1. The van der Waals surface area contributed by atoms with Crippen LogP contribution in [-0.4, -0.2) is 82.0 Å². The number of carbonyl (C=O) groups is 2. The maximum Gasteiger partial charge on any atom is 0.416 e. The Kier molecular flexibility index (Phi) is 11.7. The number of alkyl halides is 2. The second-order valence-corrected chi connectivity index (χ2v) is 15.6. The molecule has 2 aliphatic carbocycles. The van der Waals surface area contributed by atoms with Gasteiger partial charge in [-0.25, -0.2) is 23.5 Å². The van der Waals surface area contributed by atoms with E-state index in [0.717, 1.165) is 70.6 Å². The van der Waals surface area contributed by atoms with Gasteiger partial charge in [0.25, 0.3) is 12.3 Å². The Morgan fingerprint density at radius 2 is 1.76 bits per heavy atom. The van der Waals surface area contributed by atoms with E-state index in [1.165, 1.54) is 42.8 Å². The molecule has 1 aliphatic heterocycles. The van der Waals surface area contributed by atoms with Crippen molar-refractivity contribution in [2.24, 2.45) is 17.8 Å². The minimum atomic E-state index is -2.86. The van der Waals surface area contributed by atoms with Crippen LogP contribution in [0.2, 0.25) is 0 Å². The number of ether oxygens (including phenoxy) is 1. The van der Waals surface area contributed by atoms with E-state index in [-0.39, 0.29) is 23.3 Å². The van der Waals surface area contributed by atoms with E-state index >= 15 is 0 Å². The molecule has 0 unspecified atom stereocenters.